The van der Waals surface area contributed by atoms with Gasteiger partial charge in [0.05, 0.1) is 5.52 Å². The lowest BCUT2D eigenvalue weighted by Crippen LogP contribution is -2.03. The van der Waals surface area contributed by atoms with E-state index in [-0.39, 0.29) is 0 Å². The van der Waals surface area contributed by atoms with Crippen molar-refractivity contribution in [1.29, 1.82) is 0 Å². The lowest BCUT2D eigenvalue weighted by molar-refractivity contribution is 0.261. The molecule has 124 valence electrons. The van der Waals surface area contributed by atoms with Gasteiger partial charge >= 0.3 is 6.01 Å². The van der Waals surface area contributed by atoms with Crippen molar-refractivity contribution in [2.24, 2.45) is 0 Å². The number of hydrogen-bond donors (Lipinski definition) is 1. The Hall–Kier alpha value is -3.34. The van der Waals surface area contributed by atoms with Crippen LogP contribution in [0.3, 0.4) is 0 Å². The predicted molar refractivity (Wildman–Crippen MR) is 95.4 cm³/mol. The fourth-order valence-corrected chi connectivity index (χ4v) is 2.51. The molecule has 4 rings (SSSR count). The monoisotopic (exact) mass is 331 g/mol. The highest BCUT2D eigenvalue weighted by atomic mass is 16.5. The van der Waals surface area contributed by atoms with Gasteiger partial charge in [0.15, 0.2) is 0 Å². The Morgan fingerprint density at radius 1 is 0.720 bits per heavy atom. The second kappa shape index (κ2) is 7.05. The van der Waals surface area contributed by atoms with Gasteiger partial charge in [0.2, 0.25) is 5.88 Å². The Kier molecular flexibility index (Phi) is 4.29. The maximum atomic E-state index is 5.89. The maximum absolute atomic E-state index is 5.89. The molecule has 0 aliphatic rings. The van der Waals surface area contributed by atoms with E-state index in [1.165, 1.54) is 0 Å². The summed E-state index contributed by atoms with van der Waals surface area (Å²) in [6.45, 7) is 0.846. The molecule has 0 spiro atoms. The number of nitrogens with one attached hydrogen (secondary N) is 1. The summed E-state index contributed by atoms with van der Waals surface area (Å²) in [6, 6.07) is 22.1. The summed E-state index contributed by atoms with van der Waals surface area (Å²) in [4.78, 5) is 12.0. The number of nitrogens with zero attached hydrogens (tertiary/aromatic N) is 2. The zero-order chi connectivity index (χ0) is 16.9. The first-order chi connectivity index (χ1) is 12.4. The van der Waals surface area contributed by atoms with Gasteiger partial charge in [0, 0.05) is 6.20 Å². The molecule has 2 aromatic heterocycles. The minimum Gasteiger partial charge on any atom is -0.471 e. The minimum absolute atomic E-state index is 0.305. The quantitative estimate of drug-likeness (QED) is 0.577. The van der Waals surface area contributed by atoms with Gasteiger partial charge in [-0.05, 0) is 17.2 Å². The van der Waals surface area contributed by atoms with Crippen molar-refractivity contribution in [2.45, 2.75) is 13.2 Å². The largest absolute Gasteiger partial charge is 0.471 e. The number of ether oxygens (including phenoxy) is 2. The van der Waals surface area contributed by atoms with E-state index in [0.717, 1.165) is 22.2 Å². The zero-order valence-electron chi connectivity index (χ0n) is 13.6. The Balaban J connectivity index is 1.54. The minimum atomic E-state index is 0.305. The van der Waals surface area contributed by atoms with Crippen molar-refractivity contribution in [3.8, 4) is 11.9 Å². The van der Waals surface area contributed by atoms with E-state index in [2.05, 4.69) is 15.0 Å². The van der Waals surface area contributed by atoms with Gasteiger partial charge < -0.3 is 14.5 Å². The molecule has 5 nitrogen and oxygen atoms in total. The van der Waals surface area contributed by atoms with E-state index in [9.17, 15) is 0 Å². The summed E-state index contributed by atoms with van der Waals surface area (Å²) in [5.41, 5.74) is 3.67. The predicted octanol–water partition coefficient (Wildman–Crippen LogP) is 4.12. The van der Waals surface area contributed by atoms with Gasteiger partial charge in [0.1, 0.15) is 18.7 Å². The molecule has 2 heterocycles. The highest BCUT2D eigenvalue weighted by Gasteiger charge is 2.11. The van der Waals surface area contributed by atoms with Crippen LogP contribution in [-0.4, -0.2) is 15.0 Å². The van der Waals surface area contributed by atoms with Crippen molar-refractivity contribution in [2.75, 3.05) is 0 Å². The summed E-state index contributed by atoms with van der Waals surface area (Å²) in [5, 5.41) is 0. The molecule has 0 unspecified atom stereocenters. The number of H-pyrrole nitrogens is 1. The Bertz CT molecular complexity index is 953. The van der Waals surface area contributed by atoms with E-state index in [1.807, 2.05) is 72.9 Å². The zero-order valence-corrected chi connectivity index (χ0v) is 13.6. The molecule has 0 amide bonds. The van der Waals surface area contributed by atoms with Gasteiger partial charge in [-0.15, -0.1) is 0 Å². The van der Waals surface area contributed by atoms with Crippen LogP contribution in [0.15, 0.2) is 72.9 Å². The molecule has 0 saturated heterocycles. The summed E-state index contributed by atoms with van der Waals surface area (Å²) in [5.74, 6) is 0.488. The lowest BCUT2D eigenvalue weighted by Gasteiger charge is -2.09. The lowest BCUT2D eigenvalue weighted by atomic mass is 10.2. The average Bonchev–Trinajstić information content (AvgIpc) is 3.15. The van der Waals surface area contributed by atoms with Crippen LogP contribution in [0.25, 0.3) is 11.0 Å². The molecule has 2 aromatic carbocycles. The third kappa shape index (κ3) is 3.61. The number of fused-ring (bicyclic) bond motifs is 1. The fraction of sp³-hybridized carbons (Fsp3) is 0.100. The molecule has 0 saturated carbocycles. The molecule has 0 aliphatic carbocycles. The summed E-state index contributed by atoms with van der Waals surface area (Å²) in [7, 11) is 0. The third-order valence-electron chi connectivity index (χ3n) is 3.78. The van der Waals surface area contributed by atoms with Crippen molar-refractivity contribution < 1.29 is 9.47 Å². The summed E-state index contributed by atoms with van der Waals surface area (Å²) >= 11 is 0. The molecule has 4 aromatic rings. The molecule has 0 bridgehead atoms. The van der Waals surface area contributed by atoms with Crippen molar-refractivity contribution >= 4 is 11.0 Å². The number of benzene rings is 2. The maximum Gasteiger partial charge on any atom is 0.320 e. The first-order valence-electron chi connectivity index (χ1n) is 8.07. The number of hydrogen-bond acceptors (Lipinski definition) is 4. The average molecular weight is 331 g/mol. The second-order valence-electron chi connectivity index (χ2n) is 5.60. The third-order valence-corrected chi connectivity index (χ3v) is 3.78. The topological polar surface area (TPSA) is 60.0 Å². The van der Waals surface area contributed by atoms with Crippen molar-refractivity contribution in [3.63, 3.8) is 0 Å². The van der Waals surface area contributed by atoms with E-state index >= 15 is 0 Å². The van der Waals surface area contributed by atoms with Gasteiger partial charge in [-0.25, -0.2) is 0 Å². The van der Waals surface area contributed by atoms with Gasteiger partial charge in [-0.3, -0.25) is 0 Å². The molecule has 25 heavy (non-hydrogen) atoms. The van der Waals surface area contributed by atoms with Crippen LogP contribution in [0, 0.1) is 0 Å². The van der Waals surface area contributed by atoms with E-state index < -0.39 is 0 Å². The molecule has 0 radical (unpaired) electrons. The molecule has 0 atom stereocenters. The van der Waals surface area contributed by atoms with E-state index in [0.29, 0.717) is 25.1 Å². The Labute approximate surface area is 145 Å². The first-order valence-corrected chi connectivity index (χ1v) is 8.07. The highest BCUT2D eigenvalue weighted by Crippen LogP contribution is 2.24. The van der Waals surface area contributed by atoms with Gasteiger partial charge in [-0.2, -0.15) is 9.97 Å². The molecule has 5 heteroatoms. The van der Waals surface area contributed by atoms with Crippen LogP contribution < -0.4 is 9.47 Å². The molecule has 0 aliphatic heterocycles. The van der Waals surface area contributed by atoms with Gasteiger partial charge in [0.25, 0.3) is 0 Å². The standard InChI is InChI=1S/C20H17N3O2/c1-3-7-15(8-4-1)13-24-19-18-17(11-12-21-18)22-20(23-19)25-14-16-9-5-2-6-10-16/h1-12,21H,13-14H2. The van der Waals surface area contributed by atoms with Crippen LogP contribution in [0.4, 0.5) is 0 Å². The molecule has 1 N–H and O–H groups in total. The van der Waals surface area contributed by atoms with E-state index in [1.54, 1.807) is 0 Å². The second-order valence-corrected chi connectivity index (χ2v) is 5.60. The SMILES string of the molecule is c1ccc(COc2nc(OCc3ccccc3)c3[nH]ccc3n2)cc1. The molecule has 0 fully saturated rings. The molecular weight excluding hydrogens is 314 g/mol. The number of aromatic nitrogens is 3. The molecular formula is C20H17N3O2. The van der Waals surface area contributed by atoms with Crippen LogP contribution in [-0.2, 0) is 13.2 Å². The Morgan fingerprint density at radius 3 is 2.04 bits per heavy atom. The van der Waals surface area contributed by atoms with E-state index in [4.69, 9.17) is 9.47 Å². The smallest absolute Gasteiger partial charge is 0.320 e. The normalized spacial score (nSPS) is 10.7. The van der Waals surface area contributed by atoms with Crippen LogP contribution >= 0.6 is 0 Å². The van der Waals surface area contributed by atoms with Crippen molar-refractivity contribution in [1.82, 2.24) is 15.0 Å². The van der Waals surface area contributed by atoms with Crippen LogP contribution in [0.1, 0.15) is 11.1 Å². The van der Waals surface area contributed by atoms with Gasteiger partial charge in [-0.1, -0.05) is 60.7 Å². The summed E-state index contributed by atoms with van der Waals surface area (Å²) < 4.78 is 11.6. The number of aromatic amines is 1. The van der Waals surface area contributed by atoms with Crippen LogP contribution in [0.5, 0.6) is 11.9 Å². The fourth-order valence-electron chi connectivity index (χ4n) is 2.51. The van der Waals surface area contributed by atoms with Crippen LogP contribution in [0.2, 0.25) is 0 Å². The first kappa shape index (κ1) is 15.2. The highest BCUT2D eigenvalue weighted by molar-refractivity contribution is 5.80. The summed E-state index contributed by atoms with van der Waals surface area (Å²) in [6.07, 6.45) is 1.82. The van der Waals surface area contributed by atoms with Crippen molar-refractivity contribution in [3.05, 3.63) is 84.1 Å². The Morgan fingerprint density at radius 2 is 1.36 bits per heavy atom. The number of rotatable bonds is 6.